The number of benzene rings is 2. The standard InChI is InChI=1S/C23H19N3O/c1-14-9-17-4-6-18(11-21(17)26-22(14)27)23(2,13-25)20-8-5-16-10-15(12-24)3-7-19(16)20/h3-4,6-7,9-11,20H,5,8H2,1-2H3,(H,26,27)/t20-,23?/m0/s1. The average molecular weight is 353 g/mol. The highest BCUT2D eigenvalue weighted by molar-refractivity contribution is 5.80. The van der Waals surface area contributed by atoms with E-state index in [1.807, 2.05) is 49.4 Å². The summed E-state index contributed by atoms with van der Waals surface area (Å²) in [5, 5.41) is 20.2. The molecule has 4 rings (SSSR count). The van der Waals surface area contributed by atoms with Crippen LogP contribution in [0, 0.1) is 29.6 Å². The van der Waals surface area contributed by atoms with Crippen LogP contribution >= 0.6 is 0 Å². The predicted molar refractivity (Wildman–Crippen MR) is 104 cm³/mol. The third-order valence-corrected chi connectivity index (χ3v) is 5.91. The summed E-state index contributed by atoms with van der Waals surface area (Å²) in [6.45, 7) is 3.76. The third-order valence-electron chi connectivity index (χ3n) is 5.91. The molecule has 1 unspecified atom stereocenters. The van der Waals surface area contributed by atoms with Crippen LogP contribution < -0.4 is 5.56 Å². The van der Waals surface area contributed by atoms with Gasteiger partial charge in [-0.25, -0.2) is 0 Å². The molecule has 4 heteroatoms. The second-order valence-electron chi connectivity index (χ2n) is 7.51. The minimum atomic E-state index is -0.713. The van der Waals surface area contributed by atoms with Crippen molar-refractivity contribution in [2.24, 2.45) is 0 Å². The number of nitrogens with zero attached hydrogens (tertiary/aromatic N) is 2. The molecule has 132 valence electrons. The van der Waals surface area contributed by atoms with Gasteiger partial charge in [0.25, 0.3) is 5.56 Å². The maximum atomic E-state index is 12.0. The van der Waals surface area contributed by atoms with E-state index in [-0.39, 0.29) is 11.5 Å². The Morgan fingerprint density at radius 3 is 2.70 bits per heavy atom. The number of hydrogen-bond acceptors (Lipinski definition) is 3. The molecule has 0 bridgehead atoms. The van der Waals surface area contributed by atoms with Crippen molar-refractivity contribution >= 4 is 10.9 Å². The zero-order valence-corrected chi connectivity index (χ0v) is 15.3. The maximum absolute atomic E-state index is 12.0. The first-order valence-electron chi connectivity index (χ1n) is 9.04. The first kappa shape index (κ1) is 17.1. The topological polar surface area (TPSA) is 80.4 Å². The van der Waals surface area contributed by atoms with Gasteiger partial charge in [0.2, 0.25) is 0 Å². The fourth-order valence-corrected chi connectivity index (χ4v) is 4.26. The van der Waals surface area contributed by atoms with E-state index in [1.165, 1.54) is 0 Å². The Morgan fingerprint density at radius 2 is 1.96 bits per heavy atom. The molecule has 3 aromatic rings. The Morgan fingerprint density at radius 1 is 1.15 bits per heavy atom. The van der Waals surface area contributed by atoms with E-state index in [2.05, 4.69) is 17.1 Å². The Balaban J connectivity index is 1.84. The average Bonchev–Trinajstić information content (AvgIpc) is 3.11. The summed E-state index contributed by atoms with van der Waals surface area (Å²) in [6.07, 6.45) is 1.74. The molecule has 0 saturated carbocycles. The van der Waals surface area contributed by atoms with Crippen molar-refractivity contribution in [3.05, 3.63) is 80.6 Å². The Hall–Kier alpha value is -3.37. The number of aromatic amines is 1. The molecule has 0 aliphatic heterocycles. The number of rotatable bonds is 2. The number of aryl methyl sites for hydroxylation is 2. The second-order valence-corrected chi connectivity index (χ2v) is 7.51. The smallest absolute Gasteiger partial charge is 0.251 e. The summed E-state index contributed by atoms with van der Waals surface area (Å²) >= 11 is 0. The van der Waals surface area contributed by atoms with Gasteiger partial charge in [-0.15, -0.1) is 0 Å². The molecule has 0 radical (unpaired) electrons. The lowest BCUT2D eigenvalue weighted by Crippen LogP contribution is -2.27. The lowest BCUT2D eigenvalue weighted by atomic mass is 9.70. The molecule has 0 amide bonds. The fourth-order valence-electron chi connectivity index (χ4n) is 4.26. The molecule has 1 N–H and O–H groups in total. The highest BCUT2D eigenvalue weighted by Gasteiger charge is 2.41. The second kappa shape index (κ2) is 6.11. The monoisotopic (exact) mass is 353 g/mol. The van der Waals surface area contributed by atoms with Crippen molar-refractivity contribution in [3.63, 3.8) is 0 Å². The number of fused-ring (bicyclic) bond motifs is 2. The van der Waals surface area contributed by atoms with Gasteiger partial charge in [0.05, 0.1) is 23.1 Å². The van der Waals surface area contributed by atoms with Crippen molar-refractivity contribution < 1.29 is 0 Å². The molecule has 0 saturated heterocycles. The Labute approximate surface area is 157 Å². The SMILES string of the molecule is Cc1cc2ccc(C(C)(C#N)[C@H]3CCc4cc(C#N)ccc43)cc2[nH]c1=O. The summed E-state index contributed by atoms with van der Waals surface area (Å²) in [5.74, 6) is 0.0554. The molecule has 27 heavy (non-hydrogen) atoms. The van der Waals surface area contributed by atoms with Crippen molar-refractivity contribution in [1.29, 1.82) is 10.5 Å². The minimum absolute atomic E-state index is 0.0554. The lowest BCUT2D eigenvalue weighted by molar-refractivity contribution is 0.470. The van der Waals surface area contributed by atoms with Crippen molar-refractivity contribution in [2.75, 3.05) is 0 Å². The number of aromatic nitrogens is 1. The molecule has 2 aromatic carbocycles. The Kier molecular flexibility index (Phi) is 3.86. The molecule has 0 spiro atoms. The zero-order valence-electron chi connectivity index (χ0n) is 15.3. The van der Waals surface area contributed by atoms with Gasteiger partial charge in [-0.05, 0) is 73.0 Å². The van der Waals surface area contributed by atoms with Crippen LogP contribution in [0.25, 0.3) is 10.9 Å². The van der Waals surface area contributed by atoms with E-state index < -0.39 is 5.41 Å². The summed E-state index contributed by atoms with van der Waals surface area (Å²) in [7, 11) is 0. The van der Waals surface area contributed by atoms with E-state index in [4.69, 9.17) is 5.26 Å². The van der Waals surface area contributed by atoms with Crippen molar-refractivity contribution in [2.45, 2.75) is 38.0 Å². The Bertz CT molecular complexity index is 1210. The van der Waals surface area contributed by atoms with Crippen LogP contribution in [0.3, 0.4) is 0 Å². The first-order valence-corrected chi connectivity index (χ1v) is 9.04. The molecule has 4 nitrogen and oxygen atoms in total. The van der Waals surface area contributed by atoms with Crippen LogP contribution in [0.1, 0.15) is 47.1 Å². The van der Waals surface area contributed by atoms with Gasteiger partial charge in [-0.1, -0.05) is 18.2 Å². The van der Waals surface area contributed by atoms with Crippen LogP contribution in [0.15, 0.2) is 47.3 Å². The fraction of sp³-hybridized carbons (Fsp3) is 0.261. The molecular weight excluding hydrogens is 334 g/mol. The van der Waals surface area contributed by atoms with Gasteiger partial charge in [0.1, 0.15) is 0 Å². The quantitative estimate of drug-likeness (QED) is 0.749. The van der Waals surface area contributed by atoms with Gasteiger partial charge < -0.3 is 4.98 Å². The number of H-pyrrole nitrogens is 1. The zero-order chi connectivity index (χ0) is 19.2. The first-order chi connectivity index (χ1) is 13.0. The molecule has 1 aliphatic carbocycles. The largest absolute Gasteiger partial charge is 0.322 e. The van der Waals surface area contributed by atoms with E-state index in [0.29, 0.717) is 11.1 Å². The van der Waals surface area contributed by atoms with Crippen LogP contribution in [0.5, 0.6) is 0 Å². The molecule has 1 aromatic heterocycles. The predicted octanol–water partition coefficient (Wildman–Crippen LogP) is 4.22. The van der Waals surface area contributed by atoms with E-state index in [9.17, 15) is 10.1 Å². The number of nitrogens with one attached hydrogen (secondary N) is 1. The van der Waals surface area contributed by atoms with Crippen molar-refractivity contribution in [1.82, 2.24) is 4.98 Å². The van der Waals surface area contributed by atoms with Crippen LogP contribution in [0.2, 0.25) is 0 Å². The highest BCUT2D eigenvalue weighted by atomic mass is 16.1. The molecule has 1 heterocycles. The maximum Gasteiger partial charge on any atom is 0.251 e. The van der Waals surface area contributed by atoms with Crippen LogP contribution in [-0.2, 0) is 11.8 Å². The van der Waals surface area contributed by atoms with Crippen LogP contribution in [-0.4, -0.2) is 4.98 Å². The summed E-state index contributed by atoms with van der Waals surface area (Å²) in [6, 6.07) is 18.3. The molecule has 1 aliphatic rings. The van der Waals surface area contributed by atoms with E-state index in [0.717, 1.165) is 40.4 Å². The normalized spacial score (nSPS) is 17.7. The highest BCUT2D eigenvalue weighted by Crippen LogP contribution is 2.47. The number of pyridine rings is 1. The summed E-state index contributed by atoms with van der Waals surface area (Å²) in [5.41, 5.74) is 4.48. The lowest BCUT2D eigenvalue weighted by Gasteiger charge is -2.30. The van der Waals surface area contributed by atoms with Gasteiger partial charge in [0, 0.05) is 17.0 Å². The van der Waals surface area contributed by atoms with E-state index >= 15 is 0 Å². The van der Waals surface area contributed by atoms with Crippen LogP contribution in [0.4, 0.5) is 0 Å². The van der Waals surface area contributed by atoms with Crippen molar-refractivity contribution in [3.8, 4) is 12.1 Å². The molecule has 2 atom stereocenters. The van der Waals surface area contributed by atoms with Gasteiger partial charge >= 0.3 is 0 Å². The molecular formula is C23H19N3O. The summed E-state index contributed by atoms with van der Waals surface area (Å²) in [4.78, 5) is 14.9. The summed E-state index contributed by atoms with van der Waals surface area (Å²) < 4.78 is 0. The number of hydrogen-bond donors (Lipinski definition) is 1. The minimum Gasteiger partial charge on any atom is -0.322 e. The number of nitriles is 2. The van der Waals surface area contributed by atoms with Gasteiger partial charge in [-0.2, -0.15) is 10.5 Å². The van der Waals surface area contributed by atoms with E-state index in [1.54, 1.807) is 6.92 Å². The molecule has 0 fully saturated rings. The van der Waals surface area contributed by atoms with Gasteiger partial charge in [-0.3, -0.25) is 4.79 Å². The van der Waals surface area contributed by atoms with Gasteiger partial charge in [0.15, 0.2) is 0 Å². The third kappa shape index (κ3) is 2.62.